The molecule has 5 N–H and O–H groups in total. The number of nitrogens with one attached hydrogen (secondary N) is 2. The number of anilines is 2. The monoisotopic (exact) mass is 548 g/mol. The van der Waals surface area contributed by atoms with E-state index in [1.54, 1.807) is 11.0 Å². The van der Waals surface area contributed by atoms with E-state index in [0.717, 1.165) is 0 Å². The van der Waals surface area contributed by atoms with Crippen LogP contribution in [0, 0.1) is 17.0 Å². The first-order valence-corrected chi connectivity index (χ1v) is 12.5. The molecule has 3 aromatic rings. The minimum atomic E-state index is -0.656. The fourth-order valence-electron chi connectivity index (χ4n) is 4.73. The maximum Gasteiger partial charge on any atom is 0.166 e. The summed E-state index contributed by atoms with van der Waals surface area (Å²) in [5.74, 6) is -1.36. The number of rotatable bonds is 9. The van der Waals surface area contributed by atoms with Gasteiger partial charge in [0.15, 0.2) is 11.6 Å². The Kier molecular flexibility index (Phi) is 7.99. The highest BCUT2D eigenvalue weighted by atomic mass is 35.5. The number of aromatic nitrogens is 2. The number of pyridine rings is 2. The number of nitrogen functional groups attached to an aromatic ring is 1. The molecule has 0 amide bonds. The van der Waals surface area contributed by atoms with Crippen molar-refractivity contribution in [2.24, 2.45) is 0 Å². The first-order chi connectivity index (χ1) is 17.5. The zero-order valence-corrected chi connectivity index (χ0v) is 22.0. The van der Waals surface area contributed by atoms with Gasteiger partial charge >= 0.3 is 0 Å². The molecule has 2 aromatic heterocycles. The van der Waals surface area contributed by atoms with Gasteiger partial charge in [-0.05, 0) is 42.5 Å². The summed E-state index contributed by atoms with van der Waals surface area (Å²) in [4.78, 5) is 9.93. The standard InChI is InChI=1S/C26H28Cl2F2N6O/c1-14(21-17(27)10-33-11-18(21)28)7-15-3-4-20(31)22(23(15)30)24(32)16-8-19(29)25(34-9-16)36-12-26(2,13-36)35-5-6-37/h3-4,8-11,14,32,35,37H,5-7,12-13,31H2,1-2H3/t14-/m0/s1. The maximum absolute atomic E-state index is 15.7. The molecular formula is C26H28Cl2F2N6O. The number of nitrogens with zero attached hydrogens (tertiary/aromatic N) is 3. The molecule has 0 spiro atoms. The Bertz CT molecular complexity index is 1310. The quantitative estimate of drug-likeness (QED) is 0.230. The van der Waals surface area contributed by atoms with E-state index in [1.165, 1.54) is 30.7 Å². The van der Waals surface area contributed by atoms with Crippen molar-refractivity contribution >= 4 is 40.4 Å². The predicted octanol–water partition coefficient (Wildman–Crippen LogP) is 4.57. The third-order valence-corrected chi connectivity index (χ3v) is 7.17. The van der Waals surface area contributed by atoms with E-state index in [9.17, 15) is 0 Å². The Balaban J connectivity index is 1.56. The predicted molar refractivity (Wildman–Crippen MR) is 143 cm³/mol. The van der Waals surface area contributed by atoms with Crippen LogP contribution in [-0.4, -0.2) is 52.6 Å². The van der Waals surface area contributed by atoms with Crippen LogP contribution in [0.5, 0.6) is 0 Å². The summed E-state index contributed by atoms with van der Waals surface area (Å²) >= 11 is 12.5. The normalized spacial score (nSPS) is 15.4. The van der Waals surface area contributed by atoms with Gasteiger partial charge in [0.1, 0.15) is 5.82 Å². The number of nitrogens with two attached hydrogens (primary N) is 1. The second kappa shape index (κ2) is 10.9. The summed E-state index contributed by atoms with van der Waals surface area (Å²) in [5.41, 5.74) is 6.59. The van der Waals surface area contributed by atoms with Crippen LogP contribution in [-0.2, 0) is 6.42 Å². The Labute approximate surface area is 224 Å². The molecule has 0 unspecified atom stereocenters. The Morgan fingerprint density at radius 3 is 2.54 bits per heavy atom. The first kappa shape index (κ1) is 27.2. The molecule has 7 nitrogen and oxygen atoms in total. The molecular weight excluding hydrogens is 521 g/mol. The number of benzene rings is 1. The van der Waals surface area contributed by atoms with Crippen LogP contribution < -0.4 is 16.0 Å². The Hall–Kier alpha value is -2.85. The van der Waals surface area contributed by atoms with E-state index in [2.05, 4.69) is 15.3 Å². The van der Waals surface area contributed by atoms with Gasteiger partial charge in [0.25, 0.3) is 0 Å². The van der Waals surface area contributed by atoms with Crippen molar-refractivity contribution in [3.8, 4) is 0 Å². The minimum Gasteiger partial charge on any atom is -0.398 e. The lowest BCUT2D eigenvalue weighted by Crippen LogP contribution is -2.68. The van der Waals surface area contributed by atoms with Crippen molar-refractivity contribution in [1.29, 1.82) is 5.41 Å². The van der Waals surface area contributed by atoms with Gasteiger partial charge in [-0.3, -0.25) is 10.4 Å². The molecule has 0 aliphatic carbocycles. The van der Waals surface area contributed by atoms with Crippen LogP contribution >= 0.6 is 23.2 Å². The summed E-state index contributed by atoms with van der Waals surface area (Å²) in [6.45, 7) is 5.35. The van der Waals surface area contributed by atoms with E-state index in [4.69, 9.17) is 39.5 Å². The Morgan fingerprint density at radius 2 is 1.92 bits per heavy atom. The lowest BCUT2D eigenvalue weighted by atomic mass is 9.91. The number of aliphatic hydroxyl groups is 1. The molecule has 1 aromatic carbocycles. The van der Waals surface area contributed by atoms with Crippen molar-refractivity contribution in [1.82, 2.24) is 15.3 Å². The molecule has 1 aliphatic rings. The minimum absolute atomic E-state index is 0.0179. The Morgan fingerprint density at radius 1 is 1.24 bits per heavy atom. The van der Waals surface area contributed by atoms with Gasteiger partial charge in [-0.15, -0.1) is 0 Å². The molecule has 1 aliphatic heterocycles. The zero-order valence-electron chi connectivity index (χ0n) is 20.5. The van der Waals surface area contributed by atoms with Crippen molar-refractivity contribution in [3.63, 3.8) is 0 Å². The highest BCUT2D eigenvalue weighted by Gasteiger charge is 2.40. The topological polar surface area (TPSA) is 111 Å². The van der Waals surface area contributed by atoms with Crippen molar-refractivity contribution < 1.29 is 13.9 Å². The third kappa shape index (κ3) is 5.55. The lowest BCUT2D eigenvalue weighted by Gasteiger charge is -2.49. The molecule has 196 valence electrons. The average Bonchev–Trinajstić information content (AvgIpc) is 2.83. The van der Waals surface area contributed by atoms with E-state index < -0.39 is 11.6 Å². The summed E-state index contributed by atoms with van der Waals surface area (Å²) in [6, 6.07) is 4.27. The molecule has 1 atom stereocenters. The van der Waals surface area contributed by atoms with Gasteiger partial charge < -0.3 is 21.1 Å². The second-order valence-electron chi connectivity index (χ2n) is 9.60. The second-order valence-corrected chi connectivity index (χ2v) is 10.4. The van der Waals surface area contributed by atoms with Crippen LogP contribution in [0.15, 0.2) is 36.8 Å². The van der Waals surface area contributed by atoms with E-state index >= 15 is 8.78 Å². The van der Waals surface area contributed by atoms with Gasteiger partial charge in [-0.2, -0.15) is 0 Å². The molecule has 11 heteroatoms. The molecule has 4 rings (SSSR count). The van der Waals surface area contributed by atoms with Crippen molar-refractivity contribution in [2.75, 3.05) is 36.9 Å². The molecule has 1 saturated heterocycles. The molecule has 1 fully saturated rings. The molecule has 0 saturated carbocycles. The number of aliphatic hydroxyl groups excluding tert-OH is 1. The average molecular weight is 549 g/mol. The number of hydrogen-bond donors (Lipinski definition) is 4. The van der Waals surface area contributed by atoms with Gasteiger partial charge in [-0.25, -0.2) is 13.8 Å². The summed E-state index contributed by atoms with van der Waals surface area (Å²) < 4.78 is 30.7. The van der Waals surface area contributed by atoms with Crippen LogP contribution in [0.25, 0.3) is 0 Å². The van der Waals surface area contributed by atoms with Crippen LogP contribution in [0.3, 0.4) is 0 Å². The van der Waals surface area contributed by atoms with Crippen LogP contribution in [0.2, 0.25) is 10.0 Å². The first-order valence-electron chi connectivity index (χ1n) is 11.8. The highest BCUT2D eigenvalue weighted by Crippen LogP contribution is 2.34. The van der Waals surface area contributed by atoms with Gasteiger partial charge in [-0.1, -0.05) is 36.2 Å². The van der Waals surface area contributed by atoms with Crippen LogP contribution in [0.1, 0.15) is 42.0 Å². The maximum atomic E-state index is 15.7. The number of hydrogen-bond acceptors (Lipinski definition) is 7. The van der Waals surface area contributed by atoms with Crippen molar-refractivity contribution in [3.05, 3.63) is 80.7 Å². The van der Waals surface area contributed by atoms with Gasteiger partial charge in [0.2, 0.25) is 0 Å². The number of halogens is 4. The highest BCUT2D eigenvalue weighted by molar-refractivity contribution is 6.35. The fourth-order valence-corrected chi connectivity index (χ4v) is 5.47. The van der Waals surface area contributed by atoms with E-state index in [0.29, 0.717) is 40.8 Å². The fraction of sp³-hybridized carbons (Fsp3) is 0.346. The molecule has 3 heterocycles. The largest absolute Gasteiger partial charge is 0.398 e. The van der Waals surface area contributed by atoms with E-state index in [1.807, 2.05) is 13.8 Å². The van der Waals surface area contributed by atoms with Gasteiger partial charge in [0, 0.05) is 49.5 Å². The smallest absolute Gasteiger partial charge is 0.166 e. The van der Waals surface area contributed by atoms with E-state index in [-0.39, 0.29) is 52.8 Å². The third-order valence-electron chi connectivity index (χ3n) is 6.57. The van der Waals surface area contributed by atoms with Crippen LogP contribution in [0.4, 0.5) is 20.3 Å². The van der Waals surface area contributed by atoms with Crippen molar-refractivity contribution in [2.45, 2.75) is 31.7 Å². The van der Waals surface area contributed by atoms with Gasteiger partial charge in [0.05, 0.1) is 33.5 Å². The SMILES string of the molecule is C[C@@H](Cc1ccc(N)c(C(=N)c2cnc(N3CC(C)(NCCO)C3)c(F)c2)c1F)c1c(Cl)cncc1Cl. The summed E-state index contributed by atoms with van der Waals surface area (Å²) in [7, 11) is 0. The summed E-state index contributed by atoms with van der Waals surface area (Å²) in [5, 5.41) is 21.6. The summed E-state index contributed by atoms with van der Waals surface area (Å²) in [6.07, 6.45) is 4.57. The zero-order chi connectivity index (χ0) is 26.9. The molecule has 0 bridgehead atoms. The lowest BCUT2D eigenvalue weighted by molar-refractivity contribution is 0.231. The molecule has 37 heavy (non-hydrogen) atoms. The number of β-amino-alcohol motifs (C(OH)–C–C–N with tert-alkyl or cyclic N) is 1. The molecule has 0 radical (unpaired) electrons.